The van der Waals surface area contributed by atoms with Gasteiger partial charge in [0.15, 0.2) is 11.5 Å². The summed E-state index contributed by atoms with van der Waals surface area (Å²) in [6.07, 6.45) is 6.55. The number of methoxy groups -OCH3 is 1. The fourth-order valence-corrected chi connectivity index (χ4v) is 3.30. The van der Waals surface area contributed by atoms with Crippen LogP contribution in [0.5, 0.6) is 11.5 Å². The molecule has 0 bridgehead atoms. The van der Waals surface area contributed by atoms with Crippen molar-refractivity contribution in [1.29, 1.82) is 5.26 Å². The molecule has 2 aromatic carbocycles. The average molecular weight is 395 g/mol. The van der Waals surface area contributed by atoms with Crippen LogP contribution in [0.4, 0.5) is 5.69 Å². The summed E-state index contributed by atoms with van der Waals surface area (Å²) in [5, 5.41) is 11.4. The van der Waals surface area contributed by atoms with E-state index in [1.54, 1.807) is 19.2 Å². The number of nitrogens with one attached hydrogen (secondary N) is 1. The molecule has 1 atom stereocenters. The maximum atomic E-state index is 10.6. The molecule has 0 aliphatic heterocycles. The second-order valence-corrected chi connectivity index (χ2v) is 7.18. The molecule has 1 saturated carbocycles. The number of rotatable bonds is 7. The summed E-state index contributed by atoms with van der Waals surface area (Å²) in [7, 11) is 3.49. The standard InChI is InChI=1S/C16H22O3.C8H8N2/c1-12(9-10-17)13-7-8-15(18-2)16(11-13)19-14-5-3-4-6-14;1-10-8-4-2-3-7(5-8)6-9/h7-8,10-12,14H,3-6,9H2,1-2H3;2-5,10H,1H3. The molecule has 1 aliphatic carbocycles. The number of carbonyl (C=O) groups excluding carboxylic acids is 1. The molecule has 0 spiro atoms. The number of aldehydes is 1. The Hall–Kier alpha value is -3.00. The number of ether oxygens (including phenoxy) is 2. The quantitative estimate of drug-likeness (QED) is 0.645. The van der Waals surface area contributed by atoms with E-state index in [2.05, 4.69) is 18.3 Å². The molecule has 0 radical (unpaired) electrons. The first-order valence-corrected chi connectivity index (χ1v) is 10.1. The van der Waals surface area contributed by atoms with Crippen molar-refractivity contribution in [2.24, 2.45) is 0 Å². The van der Waals surface area contributed by atoms with Crippen LogP contribution in [0, 0.1) is 11.3 Å². The molecule has 3 rings (SSSR count). The number of hydrogen-bond donors (Lipinski definition) is 1. The van der Waals surface area contributed by atoms with Crippen LogP contribution in [-0.4, -0.2) is 26.5 Å². The molecule has 1 aliphatic rings. The second kappa shape index (κ2) is 11.8. The van der Waals surface area contributed by atoms with Gasteiger partial charge >= 0.3 is 0 Å². The van der Waals surface area contributed by atoms with Crippen molar-refractivity contribution >= 4 is 12.0 Å². The molecule has 1 unspecified atom stereocenters. The number of carbonyl (C=O) groups is 1. The van der Waals surface area contributed by atoms with Crippen molar-refractivity contribution in [2.75, 3.05) is 19.5 Å². The van der Waals surface area contributed by atoms with Crippen LogP contribution in [0.25, 0.3) is 0 Å². The Kier molecular flexibility index (Phi) is 9.04. The van der Waals surface area contributed by atoms with Gasteiger partial charge in [0, 0.05) is 19.2 Å². The van der Waals surface area contributed by atoms with Crippen LogP contribution in [-0.2, 0) is 4.79 Å². The molecule has 0 heterocycles. The Balaban J connectivity index is 0.000000253. The van der Waals surface area contributed by atoms with E-state index in [0.717, 1.165) is 41.9 Å². The Bertz CT molecular complexity index is 823. The summed E-state index contributed by atoms with van der Waals surface area (Å²) >= 11 is 0. The van der Waals surface area contributed by atoms with Crippen molar-refractivity contribution < 1.29 is 14.3 Å². The highest BCUT2D eigenvalue weighted by Gasteiger charge is 2.19. The average Bonchev–Trinajstić information content (AvgIpc) is 3.27. The fourth-order valence-electron chi connectivity index (χ4n) is 3.30. The van der Waals surface area contributed by atoms with Gasteiger partial charge in [-0.1, -0.05) is 19.1 Å². The van der Waals surface area contributed by atoms with Crippen LogP contribution in [0.15, 0.2) is 42.5 Å². The third-order valence-electron chi connectivity index (χ3n) is 5.08. The molecule has 1 fully saturated rings. The van der Waals surface area contributed by atoms with Gasteiger partial charge in [-0.25, -0.2) is 0 Å². The van der Waals surface area contributed by atoms with Gasteiger partial charge in [0.2, 0.25) is 0 Å². The van der Waals surface area contributed by atoms with Crippen LogP contribution in [0.3, 0.4) is 0 Å². The number of anilines is 1. The highest BCUT2D eigenvalue weighted by atomic mass is 16.5. The smallest absolute Gasteiger partial charge is 0.161 e. The third-order valence-corrected chi connectivity index (χ3v) is 5.08. The molecule has 2 aromatic rings. The van der Waals surface area contributed by atoms with Crippen molar-refractivity contribution in [3.8, 4) is 17.6 Å². The van der Waals surface area contributed by atoms with Gasteiger partial charge in [-0.05, 0) is 67.5 Å². The molecule has 0 aromatic heterocycles. The van der Waals surface area contributed by atoms with Crippen LogP contribution >= 0.6 is 0 Å². The predicted molar refractivity (Wildman–Crippen MR) is 116 cm³/mol. The van der Waals surface area contributed by atoms with E-state index in [4.69, 9.17) is 14.7 Å². The molecule has 5 heteroatoms. The van der Waals surface area contributed by atoms with Crippen LogP contribution < -0.4 is 14.8 Å². The first kappa shape index (κ1) is 22.3. The normalized spacial score (nSPS) is 14.1. The van der Waals surface area contributed by atoms with Gasteiger partial charge in [0.05, 0.1) is 24.8 Å². The zero-order chi connectivity index (χ0) is 21.1. The molecule has 154 valence electrons. The van der Waals surface area contributed by atoms with Gasteiger partial charge in [0.25, 0.3) is 0 Å². The molecule has 1 N–H and O–H groups in total. The minimum atomic E-state index is 0.217. The Morgan fingerprint density at radius 1 is 1.21 bits per heavy atom. The molecular formula is C24H30N2O3. The van der Waals surface area contributed by atoms with Crippen LogP contribution in [0.1, 0.15) is 56.1 Å². The SMILES string of the molecule is CNc1cccc(C#N)c1.COc1ccc(C(C)CC=O)cc1OC1CCCC1. The molecule has 29 heavy (non-hydrogen) atoms. The Morgan fingerprint density at radius 2 is 1.97 bits per heavy atom. The summed E-state index contributed by atoms with van der Waals surface area (Å²) in [6, 6.07) is 15.4. The van der Waals surface area contributed by atoms with E-state index in [0.29, 0.717) is 18.1 Å². The summed E-state index contributed by atoms with van der Waals surface area (Å²) in [6.45, 7) is 2.05. The molecular weight excluding hydrogens is 364 g/mol. The minimum Gasteiger partial charge on any atom is -0.493 e. The molecule has 5 nitrogen and oxygen atoms in total. The minimum absolute atomic E-state index is 0.217. The van der Waals surface area contributed by atoms with Crippen LogP contribution in [0.2, 0.25) is 0 Å². The van der Waals surface area contributed by atoms with Gasteiger partial charge < -0.3 is 19.6 Å². The van der Waals surface area contributed by atoms with Gasteiger partial charge in [-0.2, -0.15) is 5.26 Å². The van der Waals surface area contributed by atoms with E-state index in [-0.39, 0.29) is 5.92 Å². The predicted octanol–water partition coefficient (Wildman–Crippen LogP) is 5.31. The number of hydrogen-bond acceptors (Lipinski definition) is 5. The van der Waals surface area contributed by atoms with E-state index in [9.17, 15) is 4.79 Å². The summed E-state index contributed by atoms with van der Waals surface area (Å²) in [4.78, 5) is 10.6. The Morgan fingerprint density at radius 3 is 2.59 bits per heavy atom. The lowest BCUT2D eigenvalue weighted by molar-refractivity contribution is -0.108. The van der Waals surface area contributed by atoms with E-state index < -0.39 is 0 Å². The highest BCUT2D eigenvalue weighted by molar-refractivity contribution is 5.52. The van der Waals surface area contributed by atoms with Gasteiger partial charge in [-0.15, -0.1) is 0 Å². The lowest BCUT2D eigenvalue weighted by Crippen LogP contribution is -2.12. The van der Waals surface area contributed by atoms with Gasteiger partial charge in [0.1, 0.15) is 6.29 Å². The van der Waals surface area contributed by atoms with Gasteiger partial charge in [-0.3, -0.25) is 0 Å². The number of nitrogens with zero attached hydrogens (tertiary/aromatic N) is 1. The largest absolute Gasteiger partial charge is 0.493 e. The lowest BCUT2D eigenvalue weighted by atomic mass is 9.98. The fraction of sp³-hybridized carbons (Fsp3) is 0.417. The van der Waals surface area contributed by atoms with E-state index in [1.807, 2.05) is 37.4 Å². The van der Waals surface area contributed by atoms with Crippen molar-refractivity contribution in [2.45, 2.75) is 51.0 Å². The maximum absolute atomic E-state index is 10.6. The molecule has 0 saturated heterocycles. The summed E-state index contributed by atoms with van der Waals surface area (Å²) in [5.74, 6) is 1.80. The number of benzene rings is 2. The summed E-state index contributed by atoms with van der Waals surface area (Å²) < 4.78 is 11.4. The first-order valence-electron chi connectivity index (χ1n) is 10.1. The van der Waals surface area contributed by atoms with E-state index in [1.165, 1.54) is 12.8 Å². The number of nitriles is 1. The first-order chi connectivity index (χ1) is 14.1. The topological polar surface area (TPSA) is 71.3 Å². The van der Waals surface area contributed by atoms with Crippen molar-refractivity contribution in [1.82, 2.24) is 0 Å². The third kappa shape index (κ3) is 6.83. The Labute approximate surface area is 173 Å². The van der Waals surface area contributed by atoms with Crippen molar-refractivity contribution in [3.63, 3.8) is 0 Å². The molecule has 0 amide bonds. The van der Waals surface area contributed by atoms with E-state index >= 15 is 0 Å². The maximum Gasteiger partial charge on any atom is 0.161 e. The zero-order valence-electron chi connectivity index (χ0n) is 17.5. The van der Waals surface area contributed by atoms with Crippen molar-refractivity contribution in [3.05, 3.63) is 53.6 Å². The second-order valence-electron chi connectivity index (χ2n) is 7.18. The monoisotopic (exact) mass is 394 g/mol. The lowest BCUT2D eigenvalue weighted by Gasteiger charge is -2.18. The highest BCUT2D eigenvalue weighted by Crippen LogP contribution is 2.34. The summed E-state index contributed by atoms with van der Waals surface area (Å²) in [5.41, 5.74) is 2.78. The zero-order valence-corrected chi connectivity index (χ0v) is 17.5.